The van der Waals surface area contributed by atoms with E-state index in [1.807, 2.05) is 18.2 Å². The standard InChI is InChI=1S/C18H22N2O/c1-2-13-7-9-18(12-19,10-8-13)20-17(21)16-11-14-5-3-4-6-15(14)16/h3-6,13,16H,2,7-11H2,1H3,(H,20,21). The van der Waals surface area contributed by atoms with Gasteiger partial charge in [0.1, 0.15) is 5.54 Å². The van der Waals surface area contributed by atoms with Gasteiger partial charge in [-0.15, -0.1) is 0 Å². The third-order valence-electron chi connectivity index (χ3n) is 5.28. The molecule has 3 nitrogen and oxygen atoms in total. The summed E-state index contributed by atoms with van der Waals surface area (Å²) in [6, 6.07) is 10.5. The van der Waals surface area contributed by atoms with Crippen LogP contribution in [0, 0.1) is 17.2 Å². The molecule has 1 fully saturated rings. The van der Waals surface area contributed by atoms with Gasteiger partial charge < -0.3 is 5.32 Å². The Kier molecular flexibility index (Phi) is 3.71. The quantitative estimate of drug-likeness (QED) is 0.924. The first-order valence-electron chi connectivity index (χ1n) is 7.98. The smallest absolute Gasteiger partial charge is 0.229 e. The summed E-state index contributed by atoms with van der Waals surface area (Å²) in [4.78, 5) is 12.5. The number of nitrogens with zero attached hydrogens (tertiary/aromatic N) is 1. The summed E-state index contributed by atoms with van der Waals surface area (Å²) in [7, 11) is 0. The minimum absolute atomic E-state index is 0.0326. The number of nitrogens with one attached hydrogen (secondary N) is 1. The second kappa shape index (κ2) is 5.52. The maximum absolute atomic E-state index is 12.5. The van der Waals surface area contributed by atoms with E-state index in [0.29, 0.717) is 5.92 Å². The molecule has 0 radical (unpaired) electrons. The fourth-order valence-corrected chi connectivity index (χ4v) is 3.66. The van der Waals surface area contributed by atoms with Crippen LogP contribution in [0.25, 0.3) is 0 Å². The Morgan fingerprint density at radius 1 is 1.38 bits per heavy atom. The van der Waals surface area contributed by atoms with Gasteiger partial charge in [-0.05, 0) is 49.1 Å². The van der Waals surface area contributed by atoms with Gasteiger partial charge in [-0.1, -0.05) is 37.6 Å². The molecular weight excluding hydrogens is 260 g/mol. The van der Waals surface area contributed by atoms with E-state index < -0.39 is 5.54 Å². The highest BCUT2D eigenvalue weighted by atomic mass is 16.2. The van der Waals surface area contributed by atoms with E-state index in [4.69, 9.17) is 0 Å². The molecule has 0 spiro atoms. The summed E-state index contributed by atoms with van der Waals surface area (Å²) in [6.45, 7) is 2.20. The van der Waals surface area contributed by atoms with Gasteiger partial charge >= 0.3 is 0 Å². The van der Waals surface area contributed by atoms with Crippen molar-refractivity contribution in [1.82, 2.24) is 5.32 Å². The molecule has 1 amide bonds. The van der Waals surface area contributed by atoms with E-state index in [-0.39, 0.29) is 11.8 Å². The van der Waals surface area contributed by atoms with Crippen LogP contribution in [0.4, 0.5) is 0 Å². The van der Waals surface area contributed by atoms with Crippen LogP contribution in [0.5, 0.6) is 0 Å². The highest BCUT2D eigenvalue weighted by Gasteiger charge is 2.40. The average molecular weight is 282 g/mol. The van der Waals surface area contributed by atoms with Crippen LogP contribution in [0.15, 0.2) is 24.3 Å². The van der Waals surface area contributed by atoms with E-state index >= 15 is 0 Å². The third kappa shape index (κ3) is 2.55. The van der Waals surface area contributed by atoms with Gasteiger partial charge in [0.15, 0.2) is 0 Å². The molecule has 0 aliphatic heterocycles. The first-order chi connectivity index (χ1) is 10.2. The molecule has 1 aromatic carbocycles. The number of fused-ring (bicyclic) bond motifs is 1. The monoisotopic (exact) mass is 282 g/mol. The molecule has 2 aliphatic rings. The third-order valence-corrected chi connectivity index (χ3v) is 5.28. The highest BCUT2D eigenvalue weighted by Crippen LogP contribution is 2.37. The molecule has 3 rings (SSSR count). The lowest BCUT2D eigenvalue weighted by Crippen LogP contribution is -2.52. The molecule has 1 aromatic rings. The van der Waals surface area contributed by atoms with Crippen molar-refractivity contribution < 1.29 is 4.79 Å². The number of hydrogen-bond donors (Lipinski definition) is 1. The van der Waals surface area contributed by atoms with Crippen molar-refractivity contribution >= 4 is 5.91 Å². The minimum atomic E-state index is -0.632. The molecule has 0 bridgehead atoms. The summed E-state index contributed by atoms with van der Waals surface area (Å²) in [5.41, 5.74) is 1.76. The van der Waals surface area contributed by atoms with Gasteiger partial charge in [-0.2, -0.15) is 5.26 Å². The lowest BCUT2D eigenvalue weighted by molar-refractivity contribution is -0.124. The van der Waals surface area contributed by atoms with E-state index in [0.717, 1.165) is 37.7 Å². The molecule has 0 aromatic heterocycles. The van der Waals surface area contributed by atoms with Crippen LogP contribution >= 0.6 is 0 Å². The average Bonchev–Trinajstić information content (AvgIpc) is 2.49. The van der Waals surface area contributed by atoms with Crippen molar-refractivity contribution in [2.24, 2.45) is 5.92 Å². The van der Waals surface area contributed by atoms with Crippen LogP contribution in [0.3, 0.4) is 0 Å². The topological polar surface area (TPSA) is 52.9 Å². The molecule has 110 valence electrons. The van der Waals surface area contributed by atoms with Crippen molar-refractivity contribution in [2.75, 3.05) is 0 Å². The van der Waals surface area contributed by atoms with Crippen LogP contribution in [-0.2, 0) is 11.2 Å². The van der Waals surface area contributed by atoms with E-state index in [9.17, 15) is 10.1 Å². The molecular formula is C18H22N2O. The summed E-state index contributed by atoms with van der Waals surface area (Å²) in [5, 5.41) is 12.6. The van der Waals surface area contributed by atoms with Crippen molar-refractivity contribution in [1.29, 1.82) is 5.26 Å². The Morgan fingerprint density at radius 2 is 2.10 bits per heavy atom. The molecule has 1 atom stereocenters. The van der Waals surface area contributed by atoms with E-state index in [1.165, 1.54) is 12.0 Å². The number of rotatable bonds is 3. The second-order valence-corrected chi connectivity index (χ2v) is 6.49. The van der Waals surface area contributed by atoms with Crippen LogP contribution in [0.2, 0.25) is 0 Å². The van der Waals surface area contributed by atoms with Crippen molar-refractivity contribution in [3.63, 3.8) is 0 Å². The molecule has 1 N–H and O–H groups in total. The molecule has 2 aliphatic carbocycles. The summed E-state index contributed by atoms with van der Waals surface area (Å²) >= 11 is 0. The zero-order valence-corrected chi connectivity index (χ0v) is 12.6. The molecule has 1 saturated carbocycles. The van der Waals surface area contributed by atoms with E-state index in [1.54, 1.807) is 0 Å². The Balaban J connectivity index is 1.66. The van der Waals surface area contributed by atoms with Gasteiger partial charge in [-0.3, -0.25) is 4.79 Å². The SMILES string of the molecule is CCC1CCC(C#N)(NC(=O)C2Cc3ccccc32)CC1. The van der Waals surface area contributed by atoms with Gasteiger partial charge in [-0.25, -0.2) is 0 Å². The molecule has 21 heavy (non-hydrogen) atoms. The zero-order valence-electron chi connectivity index (χ0n) is 12.6. The fourth-order valence-electron chi connectivity index (χ4n) is 3.66. The fraction of sp³-hybridized carbons (Fsp3) is 0.556. The second-order valence-electron chi connectivity index (χ2n) is 6.49. The van der Waals surface area contributed by atoms with Crippen LogP contribution in [-0.4, -0.2) is 11.4 Å². The number of hydrogen-bond acceptors (Lipinski definition) is 2. The Labute approximate surface area is 126 Å². The Bertz CT molecular complexity index is 579. The predicted molar refractivity (Wildman–Crippen MR) is 81.6 cm³/mol. The van der Waals surface area contributed by atoms with Crippen molar-refractivity contribution in [3.05, 3.63) is 35.4 Å². The normalized spacial score (nSPS) is 30.7. The Hall–Kier alpha value is -1.82. The number of carbonyl (C=O) groups is 1. The molecule has 3 heteroatoms. The van der Waals surface area contributed by atoms with Crippen LogP contribution in [0.1, 0.15) is 56.1 Å². The van der Waals surface area contributed by atoms with Gasteiger partial charge in [0, 0.05) is 0 Å². The largest absolute Gasteiger partial charge is 0.337 e. The predicted octanol–water partition coefficient (Wildman–Crippen LogP) is 3.31. The van der Waals surface area contributed by atoms with Gasteiger partial charge in [0.25, 0.3) is 0 Å². The number of nitriles is 1. The first-order valence-corrected chi connectivity index (χ1v) is 7.98. The maximum atomic E-state index is 12.5. The molecule has 0 heterocycles. The van der Waals surface area contributed by atoms with Crippen LogP contribution < -0.4 is 5.32 Å². The lowest BCUT2D eigenvalue weighted by atomic mass is 9.74. The molecule has 1 unspecified atom stereocenters. The van der Waals surface area contributed by atoms with E-state index in [2.05, 4.69) is 24.4 Å². The number of carbonyl (C=O) groups excluding carboxylic acids is 1. The van der Waals surface area contributed by atoms with Gasteiger partial charge in [0.2, 0.25) is 5.91 Å². The zero-order chi connectivity index (χ0) is 14.9. The maximum Gasteiger partial charge on any atom is 0.229 e. The van der Waals surface area contributed by atoms with Gasteiger partial charge in [0.05, 0.1) is 12.0 Å². The molecule has 0 saturated heterocycles. The summed E-state index contributed by atoms with van der Waals surface area (Å²) in [5.74, 6) is 0.688. The lowest BCUT2D eigenvalue weighted by Gasteiger charge is -2.38. The number of benzene rings is 1. The Morgan fingerprint density at radius 3 is 2.71 bits per heavy atom. The van der Waals surface area contributed by atoms with Crippen molar-refractivity contribution in [3.8, 4) is 6.07 Å². The number of amides is 1. The first kappa shape index (κ1) is 14.1. The summed E-state index contributed by atoms with van der Waals surface area (Å²) in [6.07, 6.45) is 5.66. The van der Waals surface area contributed by atoms with Crippen molar-refractivity contribution in [2.45, 2.75) is 56.9 Å². The summed E-state index contributed by atoms with van der Waals surface area (Å²) < 4.78 is 0. The highest BCUT2D eigenvalue weighted by molar-refractivity contribution is 5.87. The minimum Gasteiger partial charge on any atom is -0.337 e.